The molecule has 2 heterocycles. The van der Waals surface area contributed by atoms with E-state index in [4.69, 9.17) is 4.74 Å². The van der Waals surface area contributed by atoms with E-state index in [0.717, 1.165) is 25.8 Å². The van der Waals surface area contributed by atoms with Gasteiger partial charge in [0.15, 0.2) is 0 Å². The molecule has 4 heteroatoms. The molecule has 1 aromatic carbocycles. The van der Waals surface area contributed by atoms with Gasteiger partial charge in [0.25, 0.3) is 0 Å². The molecule has 0 saturated carbocycles. The number of rotatable bonds is 2. The van der Waals surface area contributed by atoms with Crippen LogP contribution in [0.15, 0.2) is 36.0 Å². The van der Waals surface area contributed by atoms with E-state index < -0.39 is 5.97 Å². The molecule has 1 unspecified atom stereocenters. The molecule has 1 saturated heterocycles. The third kappa shape index (κ3) is 2.58. The molecule has 0 radical (unpaired) electrons. The second-order valence-electron chi connectivity index (χ2n) is 5.55. The summed E-state index contributed by atoms with van der Waals surface area (Å²) in [6, 6.07) is 7.29. The Labute approximate surface area is 124 Å². The molecule has 0 N–H and O–H groups in total. The van der Waals surface area contributed by atoms with Crippen molar-refractivity contribution >= 4 is 11.8 Å². The molecule has 0 aliphatic carbocycles. The molecule has 1 fully saturated rings. The second-order valence-corrected chi connectivity index (χ2v) is 5.55. The molecular formula is C17H19NO3. The summed E-state index contributed by atoms with van der Waals surface area (Å²) < 4.78 is 5.27. The molecule has 2 aliphatic heterocycles. The van der Waals surface area contributed by atoms with E-state index >= 15 is 0 Å². The predicted molar refractivity (Wildman–Crippen MR) is 79.1 cm³/mol. The van der Waals surface area contributed by atoms with Crippen molar-refractivity contribution in [3.05, 3.63) is 41.6 Å². The highest BCUT2D eigenvalue weighted by Gasteiger charge is 2.32. The average Bonchev–Trinajstić information content (AvgIpc) is 2.52. The van der Waals surface area contributed by atoms with Gasteiger partial charge < -0.3 is 9.64 Å². The molecule has 0 amide bonds. The minimum atomic E-state index is -0.542. The van der Waals surface area contributed by atoms with Crippen molar-refractivity contribution in [3.63, 3.8) is 0 Å². The number of carbonyl (C=O) groups is 2. The number of likely N-dealkylation sites (tertiary alicyclic amines) is 1. The predicted octanol–water partition coefficient (Wildman–Crippen LogP) is 2.94. The molecule has 110 valence electrons. The minimum absolute atomic E-state index is 0.147. The van der Waals surface area contributed by atoms with Crippen LogP contribution >= 0.6 is 0 Å². The van der Waals surface area contributed by atoms with Crippen LogP contribution in [0, 0.1) is 0 Å². The van der Waals surface area contributed by atoms with Gasteiger partial charge in [-0.15, -0.1) is 0 Å². The lowest BCUT2D eigenvalue weighted by atomic mass is 9.97. The largest absolute Gasteiger partial charge is 0.422 e. The SMILES string of the molecule is CCC1CCCCN1/C=C1\C(=O)Oc2ccccc2C1=O. The van der Waals surface area contributed by atoms with Gasteiger partial charge in [-0.3, -0.25) is 4.79 Å². The highest BCUT2D eigenvalue weighted by Crippen LogP contribution is 2.29. The van der Waals surface area contributed by atoms with Gasteiger partial charge in [-0.1, -0.05) is 19.1 Å². The van der Waals surface area contributed by atoms with Gasteiger partial charge in [0.2, 0.25) is 5.78 Å². The summed E-state index contributed by atoms with van der Waals surface area (Å²) in [6.07, 6.45) is 6.15. The summed E-state index contributed by atoms with van der Waals surface area (Å²) >= 11 is 0. The number of ketones is 1. The standard InChI is InChI=1S/C17H19NO3/c1-2-12-7-5-6-10-18(12)11-14-16(19)13-8-3-4-9-15(13)21-17(14)20/h3-4,8-9,11-12H,2,5-7,10H2,1H3/b14-11-. The molecule has 4 nitrogen and oxygen atoms in total. The van der Waals surface area contributed by atoms with E-state index in [1.54, 1.807) is 30.5 Å². The summed E-state index contributed by atoms with van der Waals surface area (Å²) in [5.74, 6) is -0.420. The third-order valence-corrected chi connectivity index (χ3v) is 4.24. The van der Waals surface area contributed by atoms with Gasteiger partial charge >= 0.3 is 5.97 Å². The molecule has 0 bridgehead atoms. The van der Waals surface area contributed by atoms with Gasteiger partial charge in [0.05, 0.1) is 5.56 Å². The van der Waals surface area contributed by atoms with E-state index in [9.17, 15) is 9.59 Å². The van der Waals surface area contributed by atoms with Crippen LogP contribution < -0.4 is 4.74 Å². The van der Waals surface area contributed by atoms with E-state index in [1.807, 2.05) is 0 Å². The molecule has 2 aliphatic rings. The smallest absolute Gasteiger partial charge is 0.349 e. The minimum Gasteiger partial charge on any atom is -0.422 e. The fourth-order valence-corrected chi connectivity index (χ4v) is 3.04. The number of piperidine rings is 1. The van der Waals surface area contributed by atoms with Crippen molar-refractivity contribution in [3.8, 4) is 5.75 Å². The van der Waals surface area contributed by atoms with Gasteiger partial charge in [-0.05, 0) is 37.8 Å². The maximum absolute atomic E-state index is 12.5. The number of benzene rings is 1. The monoisotopic (exact) mass is 285 g/mol. The molecule has 21 heavy (non-hydrogen) atoms. The van der Waals surface area contributed by atoms with E-state index in [2.05, 4.69) is 11.8 Å². The lowest BCUT2D eigenvalue weighted by Gasteiger charge is -2.35. The number of fused-ring (bicyclic) bond motifs is 1. The summed E-state index contributed by atoms with van der Waals surface area (Å²) in [4.78, 5) is 26.7. The molecule has 0 spiro atoms. The Morgan fingerprint density at radius 2 is 2.10 bits per heavy atom. The van der Waals surface area contributed by atoms with Gasteiger partial charge in [-0.2, -0.15) is 0 Å². The van der Waals surface area contributed by atoms with Crippen LogP contribution in [-0.4, -0.2) is 29.2 Å². The topological polar surface area (TPSA) is 46.6 Å². The summed E-state index contributed by atoms with van der Waals surface area (Å²) in [6.45, 7) is 3.03. The fraction of sp³-hybridized carbons (Fsp3) is 0.412. The zero-order valence-electron chi connectivity index (χ0n) is 12.2. The number of hydrogen-bond acceptors (Lipinski definition) is 4. The molecule has 1 atom stereocenters. The van der Waals surface area contributed by atoms with Gasteiger partial charge in [-0.25, -0.2) is 4.79 Å². The zero-order valence-corrected chi connectivity index (χ0v) is 12.2. The van der Waals surface area contributed by atoms with Crippen LogP contribution in [0.3, 0.4) is 0 Å². The number of ether oxygens (including phenoxy) is 1. The first kappa shape index (κ1) is 13.9. The summed E-state index contributed by atoms with van der Waals surface area (Å²) in [7, 11) is 0. The molecule has 3 rings (SSSR count). The van der Waals surface area contributed by atoms with Crippen molar-refractivity contribution < 1.29 is 14.3 Å². The van der Waals surface area contributed by atoms with Crippen molar-refractivity contribution in [2.45, 2.75) is 38.6 Å². The highest BCUT2D eigenvalue weighted by molar-refractivity contribution is 6.27. The number of hydrogen-bond donors (Lipinski definition) is 0. The van der Waals surface area contributed by atoms with Crippen molar-refractivity contribution in [1.29, 1.82) is 0 Å². The maximum Gasteiger partial charge on any atom is 0.349 e. The van der Waals surface area contributed by atoms with Crippen molar-refractivity contribution in [2.75, 3.05) is 6.54 Å². The number of nitrogens with zero attached hydrogens (tertiary/aromatic N) is 1. The number of Topliss-reactive ketones (excluding diaryl/α,β-unsaturated/α-hetero) is 1. The summed E-state index contributed by atoms with van der Waals surface area (Å²) in [5.41, 5.74) is 0.613. The lowest BCUT2D eigenvalue weighted by molar-refractivity contribution is -0.130. The van der Waals surface area contributed by atoms with E-state index in [1.165, 1.54) is 6.42 Å². The Kier molecular flexibility index (Phi) is 3.78. The van der Waals surface area contributed by atoms with Crippen LogP contribution in [0.5, 0.6) is 5.75 Å². The Hall–Kier alpha value is -2.10. The van der Waals surface area contributed by atoms with Crippen LogP contribution in [0.1, 0.15) is 43.0 Å². The van der Waals surface area contributed by atoms with Crippen LogP contribution in [0.4, 0.5) is 0 Å². The van der Waals surface area contributed by atoms with Crippen LogP contribution in [-0.2, 0) is 4.79 Å². The third-order valence-electron chi connectivity index (χ3n) is 4.24. The quantitative estimate of drug-likeness (QED) is 0.363. The van der Waals surface area contributed by atoms with Crippen LogP contribution in [0.25, 0.3) is 0 Å². The number of esters is 1. The Bertz CT molecular complexity index is 606. The molecule has 0 aromatic heterocycles. The van der Waals surface area contributed by atoms with Gasteiger partial charge in [0, 0.05) is 18.8 Å². The maximum atomic E-state index is 12.5. The lowest BCUT2D eigenvalue weighted by Crippen LogP contribution is -2.37. The first-order chi connectivity index (χ1) is 10.2. The van der Waals surface area contributed by atoms with E-state index in [-0.39, 0.29) is 11.4 Å². The first-order valence-corrected chi connectivity index (χ1v) is 7.54. The summed E-state index contributed by atoms with van der Waals surface area (Å²) in [5, 5.41) is 0. The Balaban J connectivity index is 1.93. The molecule has 1 aromatic rings. The van der Waals surface area contributed by atoms with Gasteiger partial charge in [0.1, 0.15) is 11.3 Å². The Morgan fingerprint density at radius 1 is 1.29 bits per heavy atom. The van der Waals surface area contributed by atoms with Crippen molar-refractivity contribution in [1.82, 2.24) is 4.90 Å². The zero-order chi connectivity index (χ0) is 14.8. The number of para-hydroxylation sites is 1. The molecular weight excluding hydrogens is 266 g/mol. The first-order valence-electron chi connectivity index (χ1n) is 7.54. The van der Waals surface area contributed by atoms with E-state index in [0.29, 0.717) is 17.4 Å². The Morgan fingerprint density at radius 3 is 2.90 bits per heavy atom. The normalized spacial score (nSPS) is 24.0. The fourth-order valence-electron chi connectivity index (χ4n) is 3.04. The number of carbonyl (C=O) groups excluding carboxylic acids is 2. The average molecular weight is 285 g/mol. The highest BCUT2D eigenvalue weighted by atomic mass is 16.5. The second kappa shape index (κ2) is 5.72. The van der Waals surface area contributed by atoms with Crippen molar-refractivity contribution in [2.24, 2.45) is 0 Å². The van der Waals surface area contributed by atoms with Crippen LogP contribution in [0.2, 0.25) is 0 Å².